The number of nitrogens with zero attached hydrogens (tertiary/aromatic N) is 2. The zero-order valence-corrected chi connectivity index (χ0v) is 6.99. The molecule has 0 spiro atoms. The standard InChI is InChI=1S/C7H3ClN2O3/c8-7(11)4-1-5(9-12)3-6(2-4)10-13/h1-3H. The third-order valence-electron chi connectivity index (χ3n) is 1.34. The predicted molar refractivity (Wildman–Crippen MR) is 47.5 cm³/mol. The molecule has 0 saturated heterocycles. The molecule has 0 atom stereocenters. The van der Waals surface area contributed by atoms with Gasteiger partial charge in [0.25, 0.3) is 5.24 Å². The van der Waals surface area contributed by atoms with Crippen LogP contribution in [-0.2, 0) is 0 Å². The minimum Gasteiger partial charge on any atom is -0.276 e. The lowest BCUT2D eigenvalue weighted by Crippen LogP contribution is -1.86. The Hall–Kier alpha value is -1.62. The summed E-state index contributed by atoms with van der Waals surface area (Å²) in [4.78, 5) is 30.9. The number of halogens is 1. The van der Waals surface area contributed by atoms with Gasteiger partial charge in [0.05, 0.1) is 0 Å². The Morgan fingerprint density at radius 3 is 1.85 bits per heavy atom. The fourth-order valence-electron chi connectivity index (χ4n) is 0.814. The van der Waals surface area contributed by atoms with Crippen LogP contribution in [0, 0.1) is 9.81 Å². The maximum atomic E-state index is 10.7. The molecule has 0 radical (unpaired) electrons. The highest BCUT2D eigenvalue weighted by Crippen LogP contribution is 2.24. The number of carbonyl (C=O) groups is 1. The number of hydrogen-bond acceptors (Lipinski definition) is 5. The quantitative estimate of drug-likeness (QED) is 0.553. The van der Waals surface area contributed by atoms with Gasteiger partial charge < -0.3 is 0 Å². The number of carbonyl (C=O) groups excluding carboxylic acids is 1. The normalized spacial score (nSPS) is 9.31. The molecule has 0 heterocycles. The molecular weight excluding hydrogens is 196 g/mol. The first-order valence-corrected chi connectivity index (χ1v) is 3.57. The topological polar surface area (TPSA) is 75.9 Å². The molecule has 0 aliphatic rings. The van der Waals surface area contributed by atoms with Gasteiger partial charge in [-0.05, 0) is 40.2 Å². The molecule has 0 aromatic heterocycles. The minimum atomic E-state index is -0.768. The third-order valence-corrected chi connectivity index (χ3v) is 1.56. The number of benzene rings is 1. The molecule has 1 rings (SSSR count). The predicted octanol–water partition coefficient (Wildman–Crippen LogP) is 2.86. The molecule has 5 nitrogen and oxygen atoms in total. The molecule has 0 aliphatic carbocycles. The van der Waals surface area contributed by atoms with Crippen molar-refractivity contribution in [2.45, 2.75) is 0 Å². The molecule has 13 heavy (non-hydrogen) atoms. The molecule has 0 unspecified atom stereocenters. The van der Waals surface area contributed by atoms with Crippen molar-refractivity contribution in [1.29, 1.82) is 0 Å². The fourth-order valence-corrected chi connectivity index (χ4v) is 0.923. The van der Waals surface area contributed by atoms with Gasteiger partial charge in [0.15, 0.2) is 0 Å². The summed E-state index contributed by atoms with van der Waals surface area (Å²) < 4.78 is 0. The number of hydrogen-bond donors (Lipinski definition) is 0. The molecule has 1 aromatic carbocycles. The Balaban J connectivity index is 3.30. The SMILES string of the molecule is O=Nc1cc(N=O)cc(C(=O)Cl)c1. The van der Waals surface area contributed by atoms with Gasteiger partial charge in [0, 0.05) is 5.56 Å². The average Bonchev–Trinajstić information content (AvgIpc) is 2.16. The molecule has 0 fully saturated rings. The second-order valence-electron chi connectivity index (χ2n) is 2.19. The van der Waals surface area contributed by atoms with Crippen LogP contribution in [0.25, 0.3) is 0 Å². The zero-order chi connectivity index (χ0) is 9.84. The van der Waals surface area contributed by atoms with Gasteiger partial charge >= 0.3 is 0 Å². The van der Waals surface area contributed by atoms with Crippen LogP contribution in [0.2, 0.25) is 0 Å². The van der Waals surface area contributed by atoms with E-state index in [1.54, 1.807) is 0 Å². The van der Waals surface area contributed by atoms with Gasteiger partial charge in [-0.15, -0.1) is 9.81 Å². The monoisotopic (exact) mass is 198 g/mol. The van der Waals surface area contributed by atoms with Gasteiger partial charge in [-0.1, -0.05) is 0 Å². The average molecular weight is 199 g/mol. The van der Waals surface area contributed by atoms with Crippen molar-refractivity contribution in [1.82, 2.24) is 0 Å². The van der Waals surface area contributed by atoms with E-state index in [4.69, 9.17) is 11.6 Å². The Labute approximate surface area is 77.7 Å². The van der Waals surface area contributed by atoms with Gasteiger partial charge in [-0.3, -0.25) is 4.79 Å². The third kappa shape index (κ3) is 2.16. The van der Waals surface area contributed by atoms with Gasteiger partial charge in [-0.25, -0.2) is 0 Å². The van der Waals surface area contributed by atoms with Crippen LogP contribution in [0.3, 0.4) is 0 Å². The first-order chi connectivity index (χ1) is 6.17. The maximum absolute atomic E-state index is 10.7. The Bertz CT molecular complexity index is 352. The Morgan fingerprint density at radius 2 is 1.54 bits per heavy atom. The van der Waals surface area contributed by atoms with Crippen LogP contribution in [0.5, 0.6) is 0 Å². The highest BCUT2D eigenvalue weighted by molar-refractivity contribution is 6.67. The second-order valence-corrected chi connectivity index (χ2v) is 2.54. The van der Waals surface area contributed by atoms with Gasteiger partial charge in [-0.2, -0.15) is 0 Å². The minimum absolute atomic E-state index is 0.0216. The van der Waals surface area contributed by atoms with Crippen LogP contribution < -0.4 is 0 Å². The summed E-state index contributed by atoms with van der Waals surface area (Å²) in [5, 5.41) is 4.36. The van der Waals surface area contributed by atoms with Crippen molar-refractivity contribution >= 4 is 28.2 Å². The van der Waals surface area contributed by atoms with Crippen LogP contribution in [0.15, 0.2) is 28.6 Å². The summed E-state index contributed by atoms with van der Waals surface area (Å²) in [5.74, 6) is 0. The highest BCUT2D eigenvalue weighted by atomic mass is 35.5. The number of nitroso groups, excluding NO2 is 2. The van der Waals surface area contributed by atoms with E-state index in [1.165, 1.54) is 12.1 Å². The largest absolute Gasteiger partial charge is 0.276 e. The molecule has 0 aliphatic heterocycles. The fraction of sp³-hybridized carbons (Fsp3) is 0. The van der Waals surface area contributed by atoms with Crippen molar-refractivity contribution in [3.05, 3.63) is 33.6 Å². The Kier molecular flexibility index (Phi) is 2.81. The molecule has 1 aromatic rings. The van der Waals surface area contributed by atoms with Crippen LogP contribution in [0.1, 0.15) is 10.4 Å². The number of rotatable bonds is 3. The van der Waals surface area contributed by atoms with Crippen LogP contribution in [0.4, 0.5) is 11.4 Å². The molecule has 0 saturated carbocycles. The van der Waals surface area contributed by atoms with E-state index >= 15 is 0 Å². The van der Waals surface area contributed by atoms with Crippen molar-refractivity contribution in [3.8, 4) is 0 Å². The van der Waals surface area contributed by atoms with E-state index in [0.717, 1.165) is 6.07 Å². The van der Waals surface area contributed by atoms with E-state index in [2.05, 4.69) is 10.4 Å². The van der Waals surface area contributed by atoms with E-state index < -0.39 is 5.24 Å². The highest BCUT2D eigenvalue weighted by Gasteiger charge is 2.06. The second kappa shape index (κ2) is 3.86. The van der Waals surface area contributed by atoms with Crippen LogP contribution in [-0.4, -0.2) is 5.24 Å². The summed E-state index contributed by atoms with van der Waals surface area (Å²) in [6.07, 6.45) is 0. The van der Waals surface area contributed by atoms with E-state index in [-0.39, 0.29) is 16.9 Å². The lowest BCUT2D eigenvalue weighted by molar-refractivity contribution is 0.108. The van der Waals surface area contributed by atoms with Crippen molar-refractivity contribution in [2.24, 2.45) is 10.4 Å². The molecule has 6 heteroatoms. The smallest absolute Gasteiger partial charge is 0.252 e. The van der Waals surface area contributed by atoms with E-state index in [9.17, 15) is 14.6 Å². The molecule has 0 N–H and O–H groups in total. The summed E-state index contributed by atoms with van der Waals surface area (Å²) in [7, 11) is 0. The lowest BCUT2D eigenvalue weighted by Gasteiger charge is -1.95. The van der Waals surface area contributed by atoms with Crippen LogP contribution >= 0.6 is 11.6 Å². The summed E-state index contributed by atoms with van der Waals surface area (Å²) in [5.41, 5.74) is -0.0874. The van der Waals surface area contributed by atoms with E-state index in [0.29, 0.717) is 0 Å². The summed E-state index contributed by atoms with van der Waals surface area (Å²) in [6, 6.07) is 3.51. The van der Waals surface area contributed by atoms with Crippen molar-refractivity contribution < 1.29 is 4.79 Å². The lowest BCUT2D eigenvalue weighted by atomic mass is 10.2. The Morgan fingerprint density at radius 1 is 1.08 bits per heavy atom. The molecule has 66 valence electrons. The van der Waals surface area contributed by atoms with Gasteiger partial charge in [0.1, 0.15) is 11.4 Å². The zero-order valence-electron chi connectivity index (χ0n) is 6.23. The van der Waals surface area contributed by atoms with Crippen molar-refractivity contribution in [2.75, 3.05) is 0 Å². The summed E-state index contributed by atoms with van der Waals surface area (Å²) >= 11 is 5.13. The molecule has 0 amide bonds. The maximum Gasteiger partial charge on any atom is 0.252 e. The van der Waals surface area contributed by atoms with Gasteiger partial charge in [0.2, 0.25) is 0 Å². The summed E-state index contributed by atoms with van der Waals surface area (Å²) in [6.45, 7) is 0. The molecular formula is C7H3ClN2O3. The first-order valence-electron chi connectivity index (χ1n) is 3.19. The first kappa shape index (κ1) is 9.47. The van der Waals surface area contributed by atoms with E-state index in [1.807, 2.05) is 0 Å². The van der Waals surface area contributed by atoms with Crippen molar-refractivity contribution in [3.63, 3.8) is 0 Å². The molecule has 0 bridgehead atoms.